The number of fused-ring (bicyclic) bond motifs is 2. The third-order valence-electron chi connectivity index (χ3n) is 6.61. The molecule has 32 heavy (non-hydrogen) atoms. The van der Waals surface area contributed by atoms with Crippen LogP contribution in [0.1, 0.15) is 41.3 Å². The van der Waals surface area contributed by atoms with Gasteiger partial charge in [0, 0.05) is 61.0 Å². The zero-order chi connectivity index (χ0) is 22.3. The minimum atomic E-state index is -0.100. The Balaban J connectivity index is 1.46. The number of hydrogen-bond acceptors (Lipinski definition) is 6. The van der Waals surface area contributed by atoms with E-state index in [1.54, 1.807) is 7.05 Å². The van der Waals surface area contributed by atoms with Crippen LogP contribution in [0.25, 0.3) is 11.3 Å². The SMILES string of the molecule is CCc1ccnc(-c2cnc(N3CC4(CC4)c4ccc(C(=O)N(C)CCO)cc43)nc2)c1. The van der Waals surface area contributed by atoms with Gasteiger partial charge in [0.25, 0.3) is 5.91 Å². The second kappa shape index (κ2) is 7.98. The molecule has 1 aliphatic heterocycles. The average Bonchev–Trinajstić information content (AvgIpc) is 3.55. The third kappa shape index (κ3) is 3.52. The first kappa shape index (κ1) is 20.6. The van der Waals surface area contributed by atoms with E-state index in [0.29, 0.717) is 18.1 Å². The fourth-order valence-electron chi connectivity index (χ4n) is 4.48. The highest BCUT2D eigenvalue weighted by molar-refractivity contribution is 5.96. The van der Waals surface area contributed by atoms with Gasteiger partial charge in [0.05, 0.1) is 12.3 Å². The number of aromatic nitrogens is 3. The van der Waals surface area contributed by atoms with Gasteiger partial charge in [0.1, 0.15) is 0 Å². The topological polar surface area (TPSA) is 82.5 Å². The Morgan fingerprint density at radius 1 is 1.16 bits per heavy atom. The minimum absolute atomic E-state index is 0.0569. The van der Waals surface area contributed by atoms with Crippen LogP contribution in [0.15, 0.2) is 48.9 Å². The number of hydrogen-bond donors (Lipinski definition) is 1. The van der Waals surface area contributed by atoms with Gasteiger partial charge in [-0.25, -0.2) is 9.97 Å². The molecule has 0 saturated heterocycles. The van der Waals surface area contributed by atoms with Crippen molar-refractivity contribution >= 4 is 17.5 Å². The first-order chi connectivity index (χ1) is 15.5. The summed E-state index contributed by atoms with van der Waals surface area (Å²) in [7, 11) is 1.70. The Kier molecular flexibility index (Phi) is 5.13. The summed E-state index contributed by atoms with van der Waals surface area (Å²) in [6.45, 7) is 3.20. The van der Waals surface area contributed by atoms with E-state index in [-0.39, 0.29) is 17.9 Å². The van der Waals surface area contributed by atoms with Gasteiger partial charge in [0.2, 0.25) is 5.95 Å². The Hall–Kier alpha value is -3.32. The molecule has 164 valence electrons. The Morgan fingerprint density at radius 3 is 2.62 bits per heavy atom. The minimum Gasteiger partial charge on any atom is -0.395 e. The van der Waals surface area contributed by atoms with E-state index < -0.39 is 0 Å². The number of likely N-dealkylation sites (N-methyl/N-ethyl adjacent to an activating group) is 1. The fourth-order valence-corrected chi connectivity index (χ4v) is 4.48. The molecule has 3 aromatic rings. The molecule has 2 aliphatic rings. The van der Waals surface area contributed by atoms with Gasteiger partial charge in [-0.05, 0) is 54.7 Å². The number of carbonyl (C=O) groups is 1. The van der Waals surface area contributed by atoms with Gasteiger partial charge in [-0.3, -0.25) is 9.78 Å². The predicted molar refractivity (Wildman–Crippen MR) is 123 cm³/mol. The molecule has 1 amide bonds. The molecular formula is C25H27N5O2. The lowest BCUT2D eigenvalue weighted by Crippen LogP contribution is -2.29. The van der Waals surface area contributed by atoms with Crippen LogP contribution < -0.4 is 4.90 Å². The standard InChI is InChI=1S/C25H27N5O2/c1-3-17-6-9-26-21(12-17)19-14-27-24(28-15-19)30-16-25(7-8-25)20-5-4-18(13-22(20)30)23(32)29(2)10-11-31/h4-6,9,12-15,31H,3,7-8,10-11,16H2,1-2H3. The smallest absolute Gasteiger partial charge is 0.253 e. The lowest BCUT2D eigenvalue weighted by molar-refractivity contribution is 0.0767. The maximum absolute atomic E-state index is 12.8. The number of rotatable bonds is 6. The van der Waals surface area contributed by atoms with Crippen molar-refractivity contribution in [1.82, 2.24) is 19.9 Å². The van der Waals surface area contributed by atoms with Crippen molar-refractivity contribution in [3.05, 3.63) is 65.6 Å². The third-order valence-corrected chi connectivity index (χ3v) is 6.61. The highest BCUT2D eigenvalue weighted by Crippen LogP contribution is 2.57. The van der Waals surface area contributed by atoms with Gasteiger partial charge in [-0.2, -0.15) is 0 Å². The number of benzene rings is 1. The number of nitrogens with zero attached hydrogens (tertiary/aromatic N) is 5. The molecule has 1 N–H and O–H groups in total. The molecule has 1 aromatic carbocycles. The molecule has 1 aliphatic carbocycles. The van der Waals surface area contributed by atoms with Gasteiger partial charge in [0.15, 0.2) is 0 Å². The summed E-state index contributed by atoms with van der Waals surface area (Å²) in [6.07, 6.45) is 8.70. The van der Waals surface area contributed by atoms with E-state index in [9.17, 15) is 4.79 Å². The second-order valence-electron chi connectivity index (χ2n) is 8.72. The number of carbonyl (C=O) groups excluding carboxylic acids is 1. The van der Waals surface area contributed by atoms with E-state index in [1.165, 1.54) is 16.0 Å². The van der Waals surface area contributed by atoms with Crippen molar-refractivity contribution in [3.63, 3.8) is 0 Å². The number of aliphatic hydroxyl groups is 1. The number of aryl methyl sites for hydroxylation is 1. The monoisotopic (exact) mass is 429 g/mol. The van der Waals surface area contributed by atoms with Crippen molar-refractivity contribution in [1.29, 1.82) is 0 Å². The summed E-state index contributed by atoms with van der Waals surface area (Å²) in [5.41, 5.74) is 6.02. The van der Waals surface area contributed by atoms with Gasteiger partial charge >= 0.3 is 0 Å². The van der Waals surface area contributed by atoms with E-state index >= 15 is 0 Å². The molecule has 1 fully saturated rings. The van der Waals surface area contributed by atoms with E-state index in [0.717, 1.165) is 42.8 Å². The Labute approximate surface area is 187 Å². The number of aliphatic hydroxyl groups excluding tert-OH is 1. The highest BCUT2D eigenvalue weighted by atomic mass is 16.3. The van der Waals surface area contributed by atoms with Crippen molar-refractivity contribution in [2.24, 2.45) is 0 Å². The summed E-state index contributed by atoms with van der Waals surface area (Å²) in [6, 6.07) is 10.0. The molecule has 7 heteroatoms. The second-order valence-corrected chi connectivity index (χ2v) is 8.72. The molecule has 1 spiro atoms. The number of pyridine rings is 1. The summed E-state index contributed by atoms with van der Waals surface area (Å²) in [5, 5.41) is 9.17. The fraction of sp³-hybridized carbons (Fsp3) is 0.360. The summed E-state index contributed by atoms with van der Waals surface area (Å²) < 4.78 is 0. The molecule has 0 atom stereocenters. The van der Waals surface area contributed by atoms with Crippen LogP contribution in [0, 0.1) is 0 Å². The molecule has 7 nitrogen and oxygen atoms in total. The van der Waals surface area contributed by atoms with Crippen molar-refractivity contribution in [2.45, 2.75) is 31.6 Å². The number of anilines is 2. The quantitative estimate of drug-likeness (QED) is 0.647. The first-order valence-corrected chi connectivity index (χ1v) is 11.1. The van der Waals surface area contributed by atoms with E-state index in [1.807, 2.05) is 36.8 Å². The van der Waals surface area contributed by atoms with Crippen molar-refractivity contribution in [2.75, 3.05) is 31.6 Å². The van der Waals surface area contributed by atoms with Gasteiger partial charge in [-0.1, -0.05) is 13.0 Å². The molecule has 5 rings (SSSR count). The Morgan fingerprint density at radius 2 is 1.94 bits per heavy atom. The van der Waals surface area contributed by atoms with Crippen LogP contribution in [0.3, 0.4) is 0 Å². The normalized spacial score (nSPS) is 15.7. The number of amides is 1. The van der Waals surface area contributed by atoms with Crippen LogP contribution in [0.4, 0.5) is 11.6 Å². The van der Waals surface area contributed by atoms with Crippen LogP contribution in [0.2, 0.25) is 0 Å². The zero-order valence-electron chi connectivity index (χ0n) is 18.5. The molecule has 0 bridgehead atoms. The van der Waals surface area contributed by atoms with Gasteiger partial charge in [-0.15, -0.1) is 0 Å². The average molecular weight is 430 g/mol. The van der Waals surface area contributed by atoms with E-state index in [4.69, 9.17) is 5.11 Å². The van der Waals surface area contributed by atoms with Crippen LogP contribution in [-0.4, -0.2) is 57.6 Å². The zero-order valence-corrected chi connectivity index (χ0v) is 18.5. The van der Waals surface area contributed by atoms with Crippen LogP contribution in [0.5, 0.6) is 0 Å². The van der Waals surface area contributed by atoms with Crippen molar-refractivity contribution < 1.29 is 9.90 Å². The van der Waals surface area contributed by atoms with Crippen LogP contribution >= 0.6 is 0 Å². The van der Waals surface area contributed by atoms with E-state index in [2.05, 4.69) is 38.9 Å². The molecule has 1 saturated carbocycles. The lowest BCUT2D eigenvalue weighted by Gasteiger charge is -2.19. The van der Waals surface area contributed by atoms with Crippen molar-refractivity contribution in [3.8, 4) is 11.3 Å². The predicted octanol–water partition coefficient (Wildman–Crippen LogP) is 3.35. The molecular weight excluding hydrogens is 402 g/mol. The highest BCUT2D eigenvalue weighted by Gasteiger charge is 2.52. The maximum Gasteiger partial charge on any atom is 0.253 e. The first-order valence-electron chi connectivity index (χ1n) is 11.1. The maximum atomic E-state index is 12.8. The summed E-state index contributed by atoms with van der Waals surface area (Å²) in [4.78, 5) is 30.2. The summed E-state index contributed by atoms with van der Waals surface area (Å²) in [5.74, 6) is 0.537. The lowest BCUT2D eigenvalue weighted by atomic mass is 9.97. The largest absolute Gasteiger partial charge is 0.395 e. The summed E-state index contributed by atoms with van der Waals surface area (Å²) >= 11 is 0. The van der Waals surface area contributed by atoms with Crippen LogP contribution in [-0.2, 0) is 11.8 Å². The molecule has 2 aromatic heterocycles. The molecule has 0 radical (unpaired) electrons. The molecule has 0 unspecified atom stereocenters. The Bertz CT molecular complexity index is 1160. The van der Waals surface area contributed by atoms with Gasteiger partial charge < -0.3 is 14.9 Å². The molecule has 3 heterocycles.